The molecule has 0 saturated heterocycles. The third-order valence-corrected chi connectivity index (χ3v) is 2.32. The van der Waals surface area contributed by atoms with Gasteiger partial charge in [0.05, 0.1) is 0 Å². The van der Waals surface area contributed by atoms with Crippen molar-refractivity contribution in [3.8, 4) is 0 Å². The van der Waals surface area contributed by atoms with E-state index in [9.17, 15) is 0 Å². The average molecular weight is 142 g/mol. The Hall–Kier alpha value is -0.0800. The van der Waals surface area contributed by atoms with Crippen molar-refractivity contribution >= 4 is 0 Å². The Bertz CT molecular complexity index is 108. The SMILES string of the molecule is CC[C@@H](N)CNC1(C)CC1. The standard InChI is InChI=1S/C8H18N2/c1-3-7(9)6-10-8(2)4-5-8/h7,10H,3-6,9H2,1-2H3/t7-/m1/s1. The highest BCUT2D eigenvalue weighted by molar-refractivity contribution is 4.97. The maximum absolute atomic E-state index is 5.75. The Kier molecular flexibility index (Phi) is 2.32. The van der Waals surface area contributed by atoms with E-state index in [4.69, 9.17) is 5.73 Å². The van der Waals surface area contributed by atoms with E-state index in [2.05, 4.69) is 19.2 Å². The molecule has 0 bridgehead atoms. The summed E-state index contributed by atoms with van der Waals surface area (Å²) in [7, 11) is 0. The van der Waals surface area contributed by atoms with Gasteiger partial charge in [-0.1, -0.05) is 6.92 Å². The molecular formula is C8H18N2. The van der Waals surface area contributed by atoms with Gasteiger partial charge in [-0.15, -0.1) is 0 Å². The summed E-state index contributed by atoms with van der Waals surface area (Å²) in [4.78, 5) is 0. The van der Waals surface area contributed by atoms with Crippen molar-refractivity contribution in [3.63, 3.8) is 0 Å². The van der Waals surface area contributed by atoms with Crippen LogP contribution < -0.4 is 11.1 Å². The van der Waals surface area contributed by atoms with Crippen LogP contribution in [0.3, 0.4) is 0 Å². The Morgan fingerprint density at radius 3 is 2.60 bits per heavy atom. The van der Waals surface area contributed by atoms with E-state index >= 15 is 0 Å². The first-order valence-electron chi connectivity index (χ1n) is 4.17. The lowest BCUT2D eigenvalue weighted by Gasteiger charge is -2.14. The Balaban J connectivity index is 2.04. The predicted molar refractivity (Wildman–Crippen MR) is 43.9 cm³/mol. The molecule has 0 spiro atoms. The first-order chi connectivity index (χ1) is 4.66. The first-order valence-corrected chi connectivity index (χ1v) is 4.17. The van der Waals surface area contributed by atoms with E-state index < -0.39 is 0 Å². The van der Waals surface area contributed by atoms with Crippen molar-refractivity contribution < 1.29 is 0 Å². The molecule has 1 rings (SSSR count). The summed E-state index contributed by atoms with van der Waals surface area (Å²) in [6.45, 7) is 5.37. The molecule has 0 aromatic heterocycles. The number of nitrogens with two attached hydrogens (primary N) is 1. The highest BCUT2D eigenvalue weighted by Gasteiger charge is 2.36. The molecule has 0 heterocycles. The summed E-state index contributed by atoms with van der Waals surface area (Å²) < 4.78 is 0. The number of rotatable bonds is 4. The minimum atomic E-state index is 0.345. The van der Waals surface area contributed by atoms with Crippen LogP contribution in [0.15, 0.2) is 0 Å². The topological polar surface area (TPSA) is 38.0 Å². The van der Waals surface area contributed by atoms with Crippen LogP contribution in [0.25, 0.3) is 0 Å². The van der Waals surface area contributed by atoms with Crippen molar-refractivity contribution in [2.24, 2.45) is 5.73 Å². The summed E-state index contributed by atoms with van der Waals surface area (Å²) in [5.41, 5.74) is 6.20. The molecule has 0 unspecified atom stereocenters. The second-order valence-electron chi connectivity index (χ2n) is 3.61. The van der Waals surface area contributed by atoms with Gasteiger partial charge >= 0.3 is 0 Å². The summed E-state index contributed by atoms with van der Waals surface area (Å²) in [6.07, 6.45) is 3.72. The largest absolute Gasteiger partial charge is 0.327 e. The Morgan fingerprint density at radius 2 is 2.20 bits per heavy atom. The molecule has 60 valence electrons. The zero-order valence-corrected chi connectivity index (χ0v) is 6.98. The van der Waals surface area contributed by atoms with Crippen molar-refractivity contribution in [1.82, 2.24) is 5.32 Å². The smallest absolute Gasteiger partial charge is 0.0162 e. The molecule has 3 N–H and O–H groups in total. The van der Waals surface area contributed by atoms with Gasteiger partial charge in [-0.05, 0) is 26.2 Å². The lowest BCUT2D eigenvalue weighted by Crippen LogP contribution is -2.39. The van der Waals surface area contributed by atoms with Crippen LogP contribution in [0.4, 0.5) is 0 Å². The zero-order chi connectivity index (χ0) is 7.61. The minimum absolute atomic E-state index is 0.345. The molecule has 1 saturated carbocycles. The third-order valence-electron chi connectivity index (χ3n) is 2.32. The van der Waals surface area contributed by atoms with Gasteiger partial charge in [-0.2, -0.15) is 0 Å². The molecule has 1 fully saturated rings. The van der Waals surface area contributed by atoms with Gasteiger partial charge in [0.2, 0.25) is 0 Å². The van der Waals surface area contributed by atoms with Gasteiger partial charge < -0.3 is 11.1 Å². The predicted octanol–water partition coefficient (Wildman–Crippen LogP) is 0.866. The summed E-state index contributed by atoms with van der Waals surface area (Å²) in [5, 5.41) is 3.46. The van der Waals surface area contributed by atoms with Crippen molar-refractivity contribution in [2.75, 3.05) is 6.54 Å². The molecule has 0 aromatic rings. The fourth-order valence-electron chi connectivity index (χ4n) is 0.886. The fraction of sp³-hybridized carbons (Fsp3) is 1.00. The highest BCUT2D eigenvalue weighted by atomic mass is 15.0. The maximum atomic E-state index is 5.75. The van der Waals surface area contributed by atoms with Crippen molar-refractivity contribution in [1.29, 1.82) is 0 Å². The lowest BCUT2D eigenvalue weighted by molar-refractivity contribution is 0.485. The average Bonchev–Trinajstić information content (AvgIpc) is 2.64. The second-order valence-corrected chi connectivity index (χ2v) is 3.61. The van der Waals surface area contributed by atoms with Gasteiger partial charge in [-0.25, -0.2) is 0 Å². The molecule has 0 aliphatic heterocycles. The van der Waals surface area contributed by atoms with Gasteiger partial charge in [0.25, 0.3) is 0 Å². The quantitative estimate of drug-likeness (QED) is 0.611. The summed E-state index contributed by atoms with van der Waals surface area (Å²) in [5.74, 6) is 0. The summed E-state index contributed by atoms with van der Waals surface area (Å²) in [6, 6.07) is 0.345. The van der Waals surface area contributed by atoms with Crippen LogP contribution in [0.2, 0.25) is 0 Å². The molecule has 0 amide bonds. The van der Waals surface area contributed by atoms with Gasteiger partial charge in [0, 0.05) is 18.1 Å². The Labute approximate surface area is 63.2 Å². The normalized spacial score (nSPS) is 24.3. The van der Waals surface area contributed by atoms with Crippen LogP contribution in [0, 0.1) is 0 Å². The van der Waals surface area contributed by atoms with Crippen LogP contribution >= 0.6 is 0 Å². The van der Waals surface area contributed by atoms with Gasteiger partial charge in [-0.3, -0.25) is 0 Å². The fourth-order valence-corrected chi connectivity index (χ4v) is 0.886. The van der Waals surface area contributed by atoms with Crippen LogP contribution in [-0.4, -0.2) is 18.1 Å². The van der Waals surface area contributed by atoms with Crippen LogP contribution in [0.5, 0.6) is 0 Å². The van der Waals surface area contributed by atoms with E-state index in [0.717, 1.165) is 13.0 Å². The Morgan fingerprint density at radius 1 is 1.60 bits per heavy atom. The molecule has 10 heavy (non-hydrogen) atoms. The molecule has 2 nitrogen and oxygen atoms in total. The molecule has 0 radical (unpaired) electrons. The molecule has 1 aliphatic rings. The maximum Gasteiger partial charge on any atom is 0.0162 e. The van der Waals surface area contributed by atoms with E-state index in [0.29, 0.717) is 11.6 Å². The van der Waals surface area contributed by atoms with Crippen LogP contribution in [-0.2, 0) is 0 Å². The molecule has 1 aliphatic carbocycles. The monoisotopic (exact) mass is 142 g/mol. The molecular weight excluding hydrogens is 124 g/mol. The number of hydrogen-bond donors (Lipinski definition) is 2. The lowest BCUT2D eigenvalue weighted by atomic mass is 10.2. The van der Waals surface area contributed by atoms with E-state index in [1.54, 1.807) is 0 Å². The first kappa shape index (κ1) is 8.02. The van der Waals surface area contributed by atoms with Crippen LogP contribution in [0.1, 0.15) is 33.1 Å². The minimum Gasteiger partial charge on any atom is -0.327 e. The number of hydrogen-bond acceptors (Lipinski definition) is 2. The zero-order valence-electron chi connectivity index (χ0n) is 6.98. The molecule has 0 aromatic carbocycles. The van der Waals surface area contributed by atoms with E-state index in [1.165, 1.54) is 12.8 Å². The van der Waals surface area contributed by atoms with Gasteiger partial charge in [0.15, 0.2) is 0 Å². The second kappa shape index (κ2) is 2.89. The van der Waals surface area contributed by atoms with Crippen molar-refractivity contribution in [3.05, 3.63) is 0 Å². The summed E-state index contributed by atoms with van der Waals surface area (Å²) >= 11 is 0. The van der Waals surface area contributed by atoms with E-state index in [1.807, 2.05) is 0 Å². The molecule has 2 heteroatoms. The number of nitrogens with one attached hydrogen (secondary N) is 1. The van der Waals surface area contributed by atoms with Crippen molar-refractivity contribution in [2.45, 2.75) is 44.7 Å². The highest BCUT2D eigenvalue weighted by Crippen LogP contribution is 2.33. The van der Waals surface area contributed by atoms with E-state index in [-0.39, 0.29) is 0 Å². The van der Waals surface area contributed by atoms with Gasteiger partial charge in [0.1, 0.15) is 0 Å². The molecule has 1 atom stereocenters. The third kappa shape index (κ3) is 2.27.